The van der Waals surface area contributed by atoms with Gasteiger partial charge in [-0.05, 0) is 38.6 Å². The van der Waals surface area contributed by atoms with E-state index in [0.29, 0.717) is 44.2 Å². The molecular weight excluding hydrogens is 409 g/mol. The first kappa shape index (κ1) is 24.0. The molecule has 0 spiro atoms. The van der Waals surface area contributed by atoms with E-state index in [-0.39, 0.29) is 11.8 Å². The number of rotatable bonds is 9. The number of anilines is 1. The Bertz CT molecular complexity index is 686. The quantitative estimate of drug-likeness (QED) is 0.269. The van der Waals surface area contributed by atoms with E-state index in [9.17, 15) is 22.0 Å². The standard InChI is InChI=1S/C19H28F5N5O/c1-25-18(26-9-5-10-28(2)13-19(22,23)24)27-14-8-11-29(12-14)15-6-3-4-7-16(15)30-17(20)21/h3-4,6-7,14,17H,5,8-13H2,1-2H3,(H2,25,26,27). The summed E-state index contributed by atoms with van der Waals surface area (Å²) in [6.07, 6.45) is -2.90. The monoisotopic (exact) mass is 437 g/mol. The fourth-order valence-electron chi connectivity index (χ4n) is 3.34. The summed E-state index contributed by atoms with van der Waals surface area (Å²) in [5, 5.41) is 6.36. The summed E-state index contributed by atoms with van der Waals surface area (Å²) in [7, 11) is 3.05. The number of para-hydroxylation sites is 2. The van der Waals surface area contributed by atoms with Crippen LogP contribution in [0.4, 0.5) is 27.6 Å². The maximum Gasteiger partial charge on any atom is 0.401 e. The molecule has 1 aromatic carbocycles. The minimum absolute atomic E-state index is 0.0451. The highest BCUT2D eigenvalue weighted by Crippen LogP contribution is 2.31. The van der Waals surface area contributed by atoms with Gasteiger partial charge < -0.3 is 20.3 Å². The maximum absolute atomic E-state index is 12.6. The third-order valence-electron chi connectivity index (χ3n) is 4.63. The van der Waals surface area contributed by atoms with Gasteiger partial charge in [-0.3, -0.25) is 9.89 Å². The molecule has 1 aliphatic heterocycles. The Kier molecular flexibility index (Phi) is 8.94. The van der Waals surface area contributed by atoms with Gasteiger partial charge >= 0.3 is 12.8 Å². The van der Waals surface area contributed by atoms with Crippen LogP contribution >= 0.6 is 0 Å². The third kappa shape index (κ3) is 8.21. The Morgan fingerprint density at radius 2 is 2.07 bits per heavy atom. The highest BCUT2D eigenvalue weighted by molar-refractivity contribution is 5.80. The first-order chi connectivity index (χ1) is 14.2. The molecular formula is C19H28F5N5O. The summed E-state index contributed by atoms with van der Waals surface area (Å²) in [6, 6.07) is 6.71. The molecule has 0 bridgehead atoms. The van der Waals surface area contributed by atoms with E-state index in [0.717, 1.165) is 6.42 Å². The molecule has 30 heavy (non-hydrogen) atoms. The second-order valence-corrected chi connectivity index (χ2v) is 7.13. The van der Waals surface area contributed by atoms with Crippen molar-refractivity contribution in [3.63, 3.8) is 0 Å². The van der Waals surface area contributed by atoms with Crippen LogP contribution < -0.4 is 20.3 Å². The van der Waals surface area contributed by atoms with Crippen LogP contribution in [0.1, 0.15) is 12.8 Å². The third-order valence-corrected chi connectivity index (χ3v) is 4.63. The van der Waals surface area contributed by atoms with Gasteiger partial charge in [0.2, 0.25) is 0 Å². The van der Waals surface area contributed by atoms with Crippen molar-refractivity contribution in [2.24, 2.45) is 4.99 Å². The van der Waals surface area contributed by atoms with Crippen molar-refractivity contribution in [1.82, 2.24) is 15.5 Å². The fraction of sp³-hybridized carbons (Fsp3) is 0.632. The van der Waals surface area contributed by atoms with Crippen molar-refractivity contribution in [3.05, 3.63) is 24.3 Å². The van der Waals surface area contributed by atoms with Crippen molar-refractivity contribution in [1.29, 1.82) is 0 Å². The van der Waals surface area contributed by atoms with Crippen LogP contribution in [0.15, 0.2) is 29.3 Å². The number of ether oxygens (including phenoxy) is 1. The summed E-state index contributed by atoms with van der Waals surface area (Å²) < 4.78 is 66.8. The van der Waals surface area contributed by atoms with Gasteiger partial charge in [-0.25, -0.2) is 0 Å². The average Bonchev–Trinajstić information content (AvgIpc) is 3.11. The molecule has 1 unspecified atom stereocenters. The molecule has 0 saturated carbocycles. The molecule has 1 aliphatic rings. The Balaban J connectivity index is 1.78. The van der Waals surface area contributed by atoms with Crippen LogP contribution in [-0.4, -0.2) is 76.5 Å². The molecule has 1 fully saturated rings. The SMILES string of the molecule is CN=C(NCCCN(C)CC(F)(F)F)NC1CCN(c2ccccc2OC(F)F)C1. The lowest BCUT2D eigenvalue weighted by Gasteiger charge is -2.23. The van der Waals surface area contributed by atoms with E-state index in [1.807, 2.05) is 4.90 Å². The summed E-state index contributed by atoms with van der Waals surface area (Å²) >= 11 is 0. The highest BCUT2D eigenvalue weighted by Gasteiger charge is 2.29. The van der Waals surface area contributed by atoms with Gasteiger partial charge in [-0.15, -0.1) is 0 Å². The topological polar surface area (TPSA) is 52.1 Å². The molecule has 0 amide bonds. The van der Waals surface area contributed by atoms with Crippen molar-refractivity contribution in [2.45, 2.75) is 31.7 Å². The van der Waals surface area contributed by atoms with Crippen LogP contribution in [0.2, 0.25) is 0 Å². The zero-order valence-corrected chi connectivity index (χ0v) is 17.1. The largest absolute Gasteiger partial charge is 0.433 e. The Morgan fingerprint density at radius 3 is 2.73 bits per heavy atom. The number of nitrogens with zero attached hydrogens (tertiary/aromatic N) is 3. The molecule has 170 valence electrons. The lowest BCUT2D eigenvalue weighted by Crippen LogP contribution is -2.45. The number of halogens is 5. The van der Waals surface area contributed by atoms with E-state index >= 15 is 0 Å². The molecule has 0 aliphatic carbocycles. The van der Waals surface area contributed by atoms with Gasteiger partial charge in [-0.2, -0.15) is 22.0 Å². The molecule has 0 aromatic heterocycles. The smallest absolute Gasteiger partial charge is 0.401 e. The maximum atomic E-state index is 12.6. The molecule has 1 saturated heterocycles. The molecule has 1 heterocycles. The number of aliphatic imine (C=N–C) groups is 1. The zero-order valence-electron chi connectivity index (χ0n) is 17.1. The second-order valence-electron chi connectivity index (χ2n) is 7.13. The molecule has 0 radical (unpaired) electrons. The van der Waals surface area contributed by atoms with Crippen LogP contribution in [0.5, 0.6) is 5.75 Å². The van der Waals surface area contributed by atoms with Gasteiger partial charge in [0.1, 0.15) is 5.75 Å². The summed E-state index contributed by atoms with van der Waals surface area (Å²) in [5.41, 5.74) is 0.609. The van der Waals surface area contributed by atoms with Gasteiger partial charge in [0.05, 0.1) is 12.2 Å². The number of nitrogens with one attached hydrogen (secondary N) is 2. The van der Waals surface area contributed by atoms with E-state index in [4.69, 9.17) is 0 Å². The van der Waals surface area contributed by atoms with Crippen molar-refractivity contribution >= 4 is 11.6 Å². The Hall–Kier alpha value is -2.30. The highest BCUT2D eigenvalue weighted by atomic mass is 19.4. The zero-order chi connectivity index (χ0) is 22.1. The molecule has 2 N–H and O–H groups in total. The first-order valence-corrected chi connectivity index (χ1v) is 9.69. The number of guanidine groups is 1. The van der Waals surface area contributed by atoms with Gasteiger partial charge in [-0.1, -0.05) is 12.1 Å². The number of hydrogen-bond donors (Lipinski definition) is 2. The van der Waals surface area contributed by atoms with E-state index < -0.39 is 19.3 Å². The molecule has 1 atom stereocenters. The van der Waals surface area contributed by atoms with E-state index in [1.54, 1.807) is 25.2 Å². The molecule has 11 heteroatoms. The first-order valence-electron chi connectivity index (χ1n) is 9.69. The van der Waals surface area contributed by atoms with Crippen molar-refractivity contribution in [2.75, 3.05) is 51.7 Å². The predicted octanol–water partition coefficient (Wildman–Crippen LogP) is 2.92. The van der Waals surface area contributed by atoms with Crippen LogP contribution in [0.25, 0.3) is 0 Å². The lowest BCUT2D eigenvalue weighted by molar-refractivity contribution is -0.143. The van der Waals surface area contributed by atoms with Crippen LogP contribution in [-0.2, 0) is 0 Å². The summed E-state index contributed by atoms with van der Waals surface area (Å²) in [5.74, 6) is 0.691. The van der Waals surface area contributed by atoms with Gasteiger partial charge in [0, 0.05) is 32.7 Å². The fourth-order valence-corrected chi connectivity index (χ4v) is 3.34. The number of benzene rings is 1. The minimum Gasteiger partial charge on any atom is -0.433 e. The molecule has 6 nitrogen and oxygen atoms in total. The van der Waals surface area contributed by atoms with Gasteiger partial charge in [0.15, 0.2) is 5.96 Å². The van der Waals surface area contributed by atoms with Gasteiger partial charge in [0.25, 0.3) is 0 Å². The Labute approximate surface area is 173 Å². The van der Waals surface area contributed by atoms with Crippen molar-refractivity contribution in [3.8, 4) is 5.75 Å². The van der Waals surface area contributed by atoms with Crippen LogP contribution in [0.3, 0.4) is 0 Å². The lowest BCUT2D eigenvalue weighted by atomic mass is 10.2. The Morgan fingerprint density at radius 1 is 1.33 bits per heavy atom. The van der Waals surface area contributed by atoms with Crippen molar-refractivity contribution < 1.29 is 26.7 Å². The van der Waals surface area contributed by atoms with E-state index in [2.05, 4.69) is 20.4 Å². The molecule has 1 aromatic rings. The predicted molar refractivity (Wildman–Crippen MR) is 106 cm³/mol. The minimum atomic E-state index is -4.20. The summed E-state index contributed by atoms with van der Waals surface area (Å²) in [6.45, 7) is -1.79. The number of hydrogen-bond acceptors (Lipinski definition) is 4. The van der Waals surface area contributed by atoms with Crippen LogP contribution in [0, 0.1) is 0 Å². The van der Waals surface area contributed by atoms with E-state index in [1.165, 1.54) is 18.0 Å². The average molecular weight is 437 g/mol. The summed E-state index contributed by atoms with van der Waals surface area (Å²) in [4.78, 5) is 7.34. The number of alkyl halides is 5. The molecule has 2 rings (SSSR count). The second kappa shape index (κ2) is 11.2. The normalized spacial score (nSPS) is 17.7.